The number of ether oxygens (including phenoxy) is 1. The largest absolute Gasteiger partial charge is 0.391 e. The van der Waals surface area contributed by atoms with Crippen LogP contribution in [-0.4, -0.2) is 22.9 Å². The van der Waals surface area contributed by atoms with E-state index in [4.69, 9.17) is 4.74 Å². The highest BCUT2D eigenvalue weighted by molar-refractivity contribution is 5.05. The van der Waals surface area contributed by atoms with Gasteiger partial charge in [0.2, 0.25) is 0 Å². The lowest BCUT2D eigenvalue weighted by molar-refractivity contribution is -0.114. The van der Waals surface area contributed by atoms with E-state index in [1.807, 2.05) is 6.92 Å². The average Bonchev–Trinajstić information content (AvgIpc) is 2.29. The number of rotatable bonds is 4. The smallest absolute Gasteiger partial charge is 0.154 e. The molecule has 0 bridgehead atoms. The maximum atomic E-state index is 9.43. The van der Waals surface area contributed by atoms with Crippen LogP contribution in [0.5, 0.6) is 0 Å². The van der Waals surface area contributed by atoms with E-state index in [-0.39, 0.29) is 6.10 Å². The van der Waals surface area contributed by atoms with Crippen molar-refractivity contribution in [2.45, 2.75) is 70.7 Å². The van der Waals surface area contributed by atoms with Gasteiger partial charge >= 0.3 is 0 Å². The van der Waals surface area contributed by atoms with Gasteiger partial charge in [-0.1, -0.05) is 13.3 Å². The number of nitrogens with zero attached hydrogens (tertiary/aromatic N) is 1. The fourth-order valence-electron chi connectivity index (χ4n) is 2.26. The van der Waals surface area contributed by atoms with Crippen molar-refractivity contribution < 1.29 is 9.84 Å². The van der Waals surface area contributed by atoms with Gasteiger partial charge in [0, 0.05) is 0 Å². The van der Waals surface area contributed by atoms with Gasteiger partial charge in [-0.15, -0.1) is 0 Å². The Balaban J connectivity index is 2.57. The van der Waals surface area contributed by atoms with Gasteiger partial charge in [0.15, 0.2) is 5.60 Å². The first-order chi connectivity index (χ1) is 7.53. The SMILES string of the molecule is CCC1CCC(C#N)(OC(C)C(C)O)CC1. The van der Waals surface area contributed by atoms with E-state index in [2.05, 4.69) is 13.0 Å². The highest BCUT2D eigenvalue weighted by Crippen LogP contribution is 2.36. The molecule has 1 rings (SSSR count). The molecule has 1 N–H and O–H groups in total. The highest BCUT2D eigenvalue weighted by atomic mass is 16.5. The monoisotopic (exact) mass is 225 g/mol. The minimum atomic E-state index is -0.651. The summed E-state index contributed by atoms with van der Waals surface area (Å²) in [6.07, 6.45) is 4.14. The third-order valence-electron chi connectivity index (χ3n) is 3.78. The van der Waals surface area contributed by atoms with Crippen LogP contribution in [0, 0.1) is 17.2 Å². The third-order valence-corrected chi connectivity index (χ3v) is 3.78. The summed E-state index contributed by atoms with van der Waals surface area (Å²) in [4.78, 5) is 0. The minimum absolute atomic E-state index is 0.266. The fraction of sp³-hybridized carbons (Fsp3) is 0.923. The van der Waals surface area contributed by atoms with Crippen LogP contribution in [-0.2, 0) is 4.74 Å². The second-order valence-corrected chi connectivity index (χ2v) is 5.02. The molecule has 0 aromatic carbocycles. The van der Waals surface area contributed by atoms with E-state index in [1.165, 1.54) is 6.42 Å². The molecule has 0 aromatic heterocycles. The highest BCUT2D eigenvalue weighted by Gasteiger charge is 2.37. The van der Waals surface area contributed by atoms with Gasteiger partial charge < -0.3 is 9.84 Å². The molecule has 2 atom stereocenters. The average molecular weight is 225 g/mol. The van der Waals surface area contributed by atoms with Crippen LogP contribution in [0.25, 0.3) is 0 Å². The Bertz CT molecular complexity index is 249. The van der Waals surface area contributed by atoms with Crippen molar-refractivity contribution >= 4 is 0 Å². The van der Waals surface area contributed by atoms with E-state index >= 15 is 0 Å². The lowest BCUT2D eigenvalue weighted by atomic mass is 9.78. The predicted octanol–water partition coefficient (Wildman–Crippen LogP) is 2.63. The number of aliphatic hydroxyl groups is 1. The van der Waals surface area contributed by atoms with Gasteiger partial charge in [-0.25, -0.2) is 0 Å². The van der Waals surface area contributed by atoms with Crippen LogP contribution >= 0.6 is 0 Å². The first kappa shape index (κ1) is 13.5. The van der Waals surface area contributed by atoms with Crippen molar-refractivity contribution in [1.82, 2.24) is 0 Å². The zero-order valence-corrected chi connectivity index (χ0v) is 10.6. The van der Waals surface area contributed by atoms with E-state index < -0.39 is 11.7 Å². The zero-order chi connectivity index (χ0) is 12.2. The molecule has 0 amide bonds. The standard InChI is InChI=1S/C13H23NO2/c1-4-12-5-7-13(9-14,8-6-12)16-11(3)10(2)15/h10-12,15H,4-8H2,1-3H3. The summed E-state index contributed by atoms with van der Waals surface area (Å²) >= 11 is 0. The molecule has 3 nitrogen and oxygen atoms in total. The summed E-state index contributed by atoms with van der Waals surface area (Å²) < 4.78 is 5.77. The summed E-state index contributed by atoms with van der Waals surface area (Å²) in [5.41, 5.74) is -0.651. The van der Waals surface area contributed by atoms with Crippen LogP contribution in [0.1, 0.15) is 52.9 Å². The van der Waals surface area contributed by atoms with Crippen molar-refractivity contribution in [3.63, 3.8) is 0 Å². The van der Waals surface area contributed by atoms with E-state index in [0.29, 0.717) is 0 Å². The number of aliphatic hydroxyl groups excluding tert-OH is 1. The molecule has 0 aromatic rings. The molecule has 1 fully saturated rings. The van der Waals surface area contributed by atoms with Gasteiger partial charge in [-0.3, -0.25) is 0 Å². The van der Waals surface area contributed by atoms with Crippen molar-refractivity contribution in [2.24, 2.45) is 5.92 Å². The topological polar surface area (TPSA) is 53.2 Å². The van der Waals surface area contributed by atoms with E-state index in [1.54, 1.807) is 6.92 Å². The summed E-state index contributed by atoms with van der Waals surface area (Å²) in [7, 11) is 0. The summed E-state index contributed by atoms with van der Waals surface area (Å²) in [6.45, 7) is 5.73. The molecule has 1 aliphatic rings. The van der Waals surface area contributed by atoms with Crippen molar-refractivity contribution in [1.29, 1.82) is 5.26 Å². The molecular formula is C13H23NO2. The Morgan fingerprint density at radius 2 is 2.00 bits per heavy atom. The third kappa shape index (κ3) is 3.20. The quantitative estimate of drug-likeness (QED) is 0.800. The molecule has 0 heterocycles. The van der Waals surface area contributed by atoms with E-state index in [9.17, 15) is 10.4 Å². The zero-order valence-electron chi connectivity index (χ0n) is 10.6. The second kappa shape index (κ2) is 5.65. The molecule has 0 radical (unpaired) electrons. The first-order valence-corrected chi connectivity index (χ1v) is 6.30. The lowest BCUT2D eigenvalue weighted by Gasteiger charge is -2.37. The van der Waals surface area contributed by atoms with Crippen LogP contribution < -0.4 is 0 Å². The normalized spacial score (nSPS) is 34.1. The van der Waals surface area contributed by atoms with Gasteiger partial charge in [-0.05, 0) is 45.4 Å². The van der Waals surface area contributed by atoms with Crippen molar-refractivity contribution in [3.05, 3.63) is 0 Å². The van der Waals surface area contributed by atoms with E-state index in [0.717, 1.165) is 31.6 Å². The summed E-state index contributed by atoms with van der Waals surface area (Å²) in [6, 6.07) is 2.31. The number of hydrogen-bond acceptors (Lipinski definition) is 3. The van der Waals surface area contributed by atoms with Crippen molar-refractivity contribution in [2.75, 3.05) is 0 Å². The molecule has 1 saturated carbocycles. The molecule has 0 spiro atoms. The Labute approximate surface area is 98.4 Å². The van der Waals surface area contributed by atoms with Gasteiger partial charge in [0.1, 0.15) is 0 Å². The maximum Gasteiger partial charge on any atom is 0.154 e. The lowest BCUT2D eigenvalue weighted by Crippen LogP contribution is -2.41. The summed E-state index contributed by atoms with van der Waals surface area (Å²) in [5.74, 6) is 0.743. The molecule has 0 aliphatic heterocycles. The first-order valence-electron chi connectivity index (χ1n) is 6.30. The Kier molecular flexibility index (Phi) is 4.76. The van der Waals surface area contributed by atoms with Gasteiger partial charge in [0.25, 0.3) is 0 Å². The van der Waals surface area contributed by atoms with Crippen molar-refractivity contribution in [3.8, 4) is 6.07 Å². The summed E-state index contributed by atoms with van der Waals surface area (Å²) in [5, 5.41) is 18.7. The van der Waals surface area contributed by atoms with Crippen LogP contribution in [0.2, 0.25) is 0 Å². The van der Waals surface area contributed by atoms with Gasteiger partial charge in [0.05, 0.1) is 18.3 Å². The predicted molar refractivity (Wildman–Crippen MR) is 62.8 cm³/mol. The number of hydrogen-bond donors (Lipinski definition) is 1. The molecule has 0 saturated heterocycles. The Morgan fingerprint density at radius 1 is 1.44 bits per heavy atom. The Hall–Kier alpha value is -0.590. The van der Waals surface area contributed by atoms with Crippen LogP contribution in [0.3, 0.4) is 0 Å². The fourth-order valence-corrected chi connectivity index (χ4v) is 2.26. The maximum absolute atomic E-state index is 9.43. The number of nitriles is 1. The van der Waals surface area contributed by atoms with Gasteiger partial charge in [-0.2, -0.15) is 5.26 Å². The molecule has 3 heteroatoms. The molecule has 2 unspecified atom stereocenters. The van der Waals surface area contributed by atoms with Crippen LogP contribution in [0.15, 0.2) is 0 Å². The molecule has 1 aliphatic carbocycles. The van der Waals surface area contributed by atoms with Crippen LogP contribution in [0.4, 0.5) is 0 Å². The minimum Gasteiger partial charge on any atom is -0.391 e. The second-order valence-electron chi connectivity index (χ2n) is 5.02. The molecule has 16 heavy (non-hydrogen) atoms. The Morgan fingerprint density at radius 3 is 2.38 bits per heavy atom. The molecular weight excluding hydrogens is 202 g/mol. The molecule has 92 valence electrons.